The maximum atomic E-state index is 12.0. The molecule has 0 spiro atoms. The van der Waals surface area contributed by atoms with Crippen LogP contribution in [-0.4, -0.2) is 67.3 Å². The van der Waals surface area contributed by atoms with E-state index in [0.717, 1.165) is 32.6 Å². The molecule has 0 radical (unpaired) electrons. The molecule has 0 saturated carbocycles. The number of nitrogens with zero attached hydrogens (tertiary/aromatic N) is 2. The van der Waals surface area contributed by atoms with Gasteiger partial charge in [0.25, 0.3) is 0 Å². The van der Waals surface area contributed by atoms with Crippen molar-refractivity contribution >= 4 is 6.09 Å². The Hall–Kier alpha value is -0.810. The topological polar surface area (TPSA) is 44.8 Å². The van der Waals surface area contributed by atoms with Crippen molar-refractivity contribution in [1.82, 2.24) is 15.1 Å². The summed E-state index contributed by atoms with van der Waals surface area (Å²) in [6.07, 6.45) is 4.90. The average Bonchev–Trinajstić information content (AvgIpc) is 2.88. The number of piperidine rings is 1. The minimum Gasteiger partial charge on any atom is -0.444 e. The molecule has 2 atom stereocenters. The third kappa shape index (κ3) is 5.43. The summed E-state index contributed by atoms with van der Waals surface area (Å²) in [5.74, 6) is 0.557. The van der Waals surface area contributed by atoms with Crippen molar-refractivity contribution in [3.8, 4) is 0 Å². The predicted octanol–water partition coefficient (Wildman–Crippen LogP) is 2.32. The predicted molar refractivity (Wildman–Crippen MR) is 89.1 cm³/mol. The minimum atomic E-state index is -0.404. The molecule has 1 N–H and O–H groups in total. The maximum Gasteiger partial charge on any atom is 0.410 e. The first kappa shape index (κ1) is 17.5. The first-order valence-electron chi connectivity index (χ1n) is 8.74. The summed E-state index contributed by atoms with van der Waals surface area (Å²) >= 11 is 0. The van der Waals surface area contributed by atoms with Crippen molar-refractivity contribution in [2.45, 2.75) is 58.1 Å². The Balaban J connectivity index is 1.65. The summed E-state index contributed by atoms with van der Waals surface area (Å²) in [5, 5.41) is 3.61. The molecule has 2 aliphatic rings. The number of hydrogen-bond donors (Lipinski definition) is 1. The number of carbonyl (C=O) groups excluding carboxylic acids is 1. The van der Waals surface area contributed by atoms with Crippen LogP contribution in [0.4, 0.5) is 4.79 Å². The molecule has 2 aliphatic heterocycles. The van der Waals surface area contributed by atoms with Crippen molar-refractivity contribution in [2.75, 3.05) is 39.8 Å². The molecule has 0 bridgehead atoms. The van der Waals surface area contributed by atoms with Crippen molar-refractivity contribution in [1.29, 1.82) is 0 Å². The number of likely N-dealkylation sites (tertiary alicyclic amines) is 2. The van der Waals surface area contributed by atoms with Gasteiger partial charge in [-0.2, -0.15) is 0 Å². The van der Waals surface area contributed by atoms with Crippen LogP contribution in [0.15, 0.2) is 0 Å². The third-order valence-electron chi connectivity index (χ3n) is 4.67. The lowest BCUT2D eigenvalue weighted by atomic mass is 10.0. The van der Waals surface area contributed by atoms with Crippen LogP contribution in [0.1, 0.15) is 46.5 Å². The molecule has 2 unspecified atom stereocenters. The van der Waals surface area contributed by atoms with Crippen LogP contribution in [0, 0.1) is 5.92 Å². The zero-order chi connectivity index (χ0) is 16.2. The number of likely N-dealkylation sites (N-methyl/N-ethyl adjacent to an activating group) is 1. The molecule has 2 fully saturated rings. The number of ether oxygens (including phenoxy) is 1. The van der Waals surface area contributed by atoms with Crippen LogP contribution >= 0.6 is 0 Å². The summed E-state index contributed by atoms with van der Waals surface area (Å²) in [7, 11) is 2.23. The molecule has 22 heavy (non-hydrogen) atoms. The molecule has 0 aliphatic carbocycles. The van der Waals surface area contributed by atoms with E-state index in [4.69, 9.17) is 4.74 Å². The lowest BCUT2D eigenvalue weighted by Crippen LogP contribution is -2.44. The second-order valence-corrected chi connectivity index (χ2v) is 7.87. The summed E-state index contributed by atoms with van der Waals surface area (Å²) in [5.41, 5.74) is -0.404. The van der Waals surface area contributed by atoms with E-state index in [1.807, 2.05) is 25.7 Å². The molecule has 2 heterocycles. The van der Waals surface area contributed by atoms with Gasteiger partial charge in [-0.3, -0.25) is 0 Å². The second kappa shape index (κ2) is 7.64. The van der Waals surface area contributed by atoms with Gasteiger partial charge in [-0.1, -0.05) is 6.42 Å². The SMILES string of the molecule is CN1CCCCC1CNCC1CCN(C(=O)OC(C)(C)C)C1. The smallest absolute Gasteiger partial charge is 0.410 e. The highest BCUT2D eigenvalue weighted by Crippen LogP contribution is 2.19. The summed E-state index contributed by atoms with van der Waals surface area (Å²) in [6, 6.07) is 0.678. The Morgan fingerprint density at radius 1 is 1.18 bits per heavy atom. The molecule has 5 heteroatoms. The fourth-order valence-electron chi connectivity index (χ4n) is 3.35. The molecule has 1 amide bonds. The van der Waals surface area contributed by atoms with E-state index in [1.54, 1.807) is 0 Å². The molecule has 0 aromatic carbocycles. The molecule has 0 aromatic rings. The Morgan fingerprint density at radius 3 is 2.64 bits per heavy atom. The van der Waals surface area contributed by atoms with Gasteiger partial charge in [-0.25, -0.2) is 4.79 Å². The molecule has 2 saturated heterocycles. The Kier molecular flexibility index (Phi) is 6.09. The highest BCUT2D eigenvalue weighted by atomic mass is 16.6. The van der Waals surface area contributed by atoms with Crippen molar-refractivity contribution in [2.24, 2.45) is 5.92 Å². The van der Waals surface area contributed by atoms with E-state index in [1.165, 1.54) is 25.8 Å². The van der Waals surface area contributed by atoms with Gasteiger partial charge < -0.3 is 19.9 Å². The van der Waals surface area contributed by atoms with Gasteiger partial charge in [0.15, 0.2) is 0 Å². The van der Waals surface area contributed by atoms with E-state index < -0.39 is 5.60 Å². The van der Waals surface area contributed by atoms with Gasteiger partial charge in [0.2, 0.25) is 0 Å². The maximum absolute atomic E-state index is 12.0. The van der Waals surface area contributed by atoms with E-state index in [0.29, 0.717) is 12.0 Å². The van der Waals surface area contributed by atoms with E-state index in [-0.39, 0.29) is 6.09 Å². The highest BCUT2D eigenvalue weighted by Gasteiger charge is 2.29. The number of hydrogen-bond acceptors (Lipinski definition) is 4. The standard InChI is InChI=1S/C17H33N3O2/c1-17(2,3)22-16(21)20-10-8-14(13-20)11-18-12-15-7-5-6-9-19(15)4/h14-15,18H,5-13H2,1-4H3. The van der Waals surface area contributed by atoms with Crippen LogP contribution in [-0.2, 0) is 4.74 Å². The molecular weight excluding hydrogens is 278 g/mol. The molecule has 2 rings (SSSR count). The highest BCUT2D eigenvalue weighted by molar-refractivity contribution is 5.68. The zero-order valence-electron chi connectivity index (χ0n) is 14.7. The Bertz CT molecular complexity index is 367. The summed E-state index contributed by atoms with van der Waals surface area (Å²) < 4.78 is 5.44. The Labute approximate surface area is 135 Å². The van der Waals surface area contributed by atoms with E-state index >= 15 is 0 Å². The van der Waals surface area contributed by atoms with Gasteiger partial charge in [-0.15, -0.1) is 0 Å². The fraction of sp³-hybridized carbons (Fsp3) is 0.941. The van der Waals surface area contributed by atoms with Crippen LogP contribution in [0.5, 0.6) is 0 Å². The quantitative estimate of drug-likeness (QED) is 0.865. The molecular formula is C17H33N3O2. The molecule has 128 valence electrons. The normalized spacial score (nSPS) is 27.2. The Morgan fingerprint density at radius 2 is 1.95 bits per heavy atom. The van der Waals surface area contributed by atoms with Crippen LogP contribution in [0.25, 0.3) is 0 Å². The number of rotatable bonds is 4. The van der Waals surface area contributed by atoms with E-state index in [2.05, 4.69) is 17.3 Å². The van der Waals surface area contributed by atoms with Crippen molar-refractivity contribution in [3.05, 3.63) is 0 Å². The number of carbonyl (C=O) groups is 1. The van der Waals surface area contributed by atoms with Crippen LogP contribution in [0.3, 0.4) is 0 Å². The van der Waals surface area contributed by atoms with Gasteiger partial charge in [0.1, 0.15) is 5.60 Å². The van der Waals surface area contributed by atoms with Gasteiger partial charge >= 0.3 is 6.09 Å². The zero-order valence-corrected chi connectivity index (χ0v) is 14.7. The van der Waals surface area contributed by atoms with Crippen LogP contribution < -0.4 is 5.32 Å². The van der Waals surface area contributed by atoms with Crippen molar-refractivity contribution in [3.63, 3.8) is 0 Å². The van der Waals surface area contributed by atoms with Crippen LogP contribution in [0.2, 0.25) is 0 Å². The van der Waals surface area contributed by atoms with E-state index in [9.17, 15) is 4.79 Å². The first-order chi connectivity index (χ1) is 10.3. The van der Waals surface area contributed by atoms with Gasteiger partial charge in [-0.05, 0) is 66.1 Å². The van der Waals surface area contributed by atoms with Crippen molar-refractivity contribution < 1.29 is 9.53 Å². The second-order valence-electron chi connectivity index (χ2n) is 7.87. The first-order valence-corrected chi connectivity index (χ1v) is 8.74. The molecule has 0 aromatic heterocycles. The van der Waals surface area contributed by atoms with Gasteiger partial charge in [0.05, 0.1) is 0 Å². The lowest BCUT2D eigenvalue weighted by Gasteiger charge is -2.32. The van der Waals surface area contributed by atoms with Gasteiger partial charge in [0, 0.05) is 25.7 Å². The summed E-state index contributed by atoms with van der Waals surface area (Å²) in [6.45, 7) is 10.7. The monoisotopic (exact) mass is 311 g/mol. The fourth-order valence-corrected chi connectivity index (χ4v) is 3.35. The third-order valence-corrected chi connectivity index (χ3v) is 4.67. The average molecular weight is 311 g/mol. The minimum absolute atomic E-state index is 0.165. The number of nitrogens with one attached hydrogen (secondary N) is 1. The largest absolute Gasteiger partial charge is 0.444 e. The lowest BCUT2D eigenvalue weighted by molar-refractivity contribution is 0.0288. The summed E-state index contributed by atoms with van der Waals surface area (Å²) in [4.78, 5) is 16.4. The number of amides is 1. The molecule has 5 nitrogen and oxygen atoms in total.